The number of hydrogen-bond acceptors (Lipinski definition) is 4. The minimum Gasteiger partial charge on any atom is -0.489 e. The average molecular weight is 492 g/mol. The maximum atomic E-state index is 14.0. The molecule has 2 heterocycles. The summed E-state index contributed by atoms with van der Waals surface area (Å²) in [6, 6.07) is 27.6. The Labute approximate surface area is 212 Å². The van der Waals surface area contributed by atoms with Crippen LogP contribution in [0.4, 0.5) is 10.1 Å². The normalized spacial score (nSPS) is 14.7. The van der Waals surface area contributed by atoms with Crippen LogP contribution in [-0.4, -0.2) is 5.91 Å². The number of hydrogen-bond donors (Lipinski definition) is 0. The van der Waals surface area contributed by atoms with Crippen LogP contribution in [0.3, 0.4) is 0 Å². The summed E-state index contributed by atoms with van der Waals surface area (Å²) in [7, 11) is 0. The third-order valence-corrected chi connectivity index (χ3v) is 6.57. The standard InChI is InChI=1S/C31H22FNO4/c1-19-10-13-23(14-11-19)33-28(21-8-5-9-24(16-21)36-18-20-6-3-2-4-7-20)27-29(34)25-17-22(32)12-15-26(25)37-30(27)31(33)35/h2-17,28H,18H2,1H3. The van der Waals surface area contributed by atoms with Gasteiger partial charge in [-0.3, -0.25) is 14.5 Å². The van der Waals surface area contributed by atoms with Gasteiger partial charge >= 0.3 is 0 Å². The number of anilines is 1. The summed E-state index contributed by atoms with van der Waals surface area (Å²) < 4.78 is 26.0. The van der Waals surface area contributed by atoms with E-state index in [9.17, 15) is 14.0 Å². The van der Waals surface area contributed by atoms with E-state index in [0.29, 0.717) is 23.6 Å². The zero-order chi connectivity index (χ0) is 25.5. The van der Waals surface area contributed by atoms with Gasteiger partial charge in [-0.2, -0.15) is 0 Å². The van der Waals surface area contributed by atoms with Crippen LogP contribution in [-0.2, 0) is 6.61 Å². The molecule has 0 fully saturated rings. The summed E-state index contributed by atoms with van der Waals surface area (Å²) in [5.74, 6) is -0.414. The highest BCUT2D eigenvalue weighted by molar-refractivity contribution is 6.10. The Morgan fingerprint density at radius 2 is 1.68 bits per heavy atom. The maximum absolute atomic E-state index is 14.0. The van der Waals surface area contributed by atoms with Crippen molar-refractivity contribution in [1.29, 1.82) is 0 Å². The Bertz CT molecular complexity index is 1690. The second-order valence-electron chi connectivity index (χ2n) is 9.07. The van der Waals surface area contributed by atoms with E-state index in [4.69, 9.17) is 9.15 Å². The van der Waals surface area contributed by atoms with Gasteiger partial charge in [-0.05, 0) is 60.5 Å². The molecule has 1 amide bonds. The minimum atomic E-state index is -0.769. The summed E-state index contributed by atoms with van der Waals surface area (Å²) in [6.07, 6.45) is 0. The molecule has 1 aromatic heterocycles. The number of ether oxygens (including phenoxy) is 1. The van der Waals surface area contributed by atoms with E-state index in [1.165, 1.54) is 12.1 Å². The van der Waals surface area contributed by atoms with Crippen LogP contribution in [0.2, 0.25) is 0 Å². The molecule has 1 atom stereocenters. The fourth-order valence-corrected chi connectivity index (χ4v) is 4.75. The zero-order valence-electron chi connectivity index (χ0n) is 20.0. The van der Waals surface area contributed by atoms with Gasteiger partial charge in [0, 0.05) is 5.69 Å². The van der Waals surface area contributed by atoms with Gasteiger partial charge in [-0.25, -0.2) is 4.39 Å². The second kappa shape index (κ2) is 9.06. The highest BCUT2D eigenvalue weighted by atomic mass is 19.1. The molecular weight excluding hydrogens is 469 g/mol. The van der Waals surface area contributed by atoms with E-state index in [1.54, 1.807) is 4.90 Å². The third kappa shape index (κ3) is 4.06. The number of carbonyl (C=O) groups is 1. The van der Waals surface area contributed by atoms with Gasteiger partial charge in [-0.15, -0.1) is 0 Å². The Hall–Kier alpha value is -4.71. The number of fused-ring (bicyclic) bond motifs is 2. The van der Waals surface area contributed by atoms with E-state index in [1.807, 2.05) is 85.8 Å². The molecule has 0 saturated carbocycles. The van der Waals surface area contributed by atoms with Crippen LogP contribution in [0, 0.1) is 12.7 Å². The van der Waals surface area contributed by atoms with E-state index < -0.39 is 23.2 Å². The van der Waals surface area contributed by atoms with Crippen LogP contribution in [0.5, 0.6) is 5.75 Å². The third-order valence-electron chi connectivity index (χ3n) is 6.57. The Kier molecular flexibility index (Phi) is 5.57. The van der Waals surface area contributed by atoms with Gasteiger partial charge in [0.15, 0.2) is 5.43 Å². The summed E-state index contributed by atoms with van der Waals surface area (Å²) in [5, 5.41) is 0.0961. The molecule has 37 heavy (non-hydrogen) atoms. The van der Waals surface area contributed by atoms with Crippen molar-refractivity contribution in [3.05, 3.63) is 141 Å². The fraction of sp³-hybridized carbons (Fsp3) is 0.0968. The molecule has 1 unspecified atom stereocenters. The maximum Gasteiger partial charge on any atom is 0.295 e. The molecule has 1 aliphatic heterocycles. The number of aryl methyl sites for hydroxylation is 1. The van der Waals surface area contributed by atoms with Gasteiger partial charge in [0.1, 0.15) is 23.8 Å². The van der Waals surface area contributed by atoms with Crippen LogP contribution >= 0.6 is 0 Å². The largest absolute Gasteiger partial charge is 0.489 e. The topological polar surface area (TPSA) is 59.8 Å². The van der Waals surface area contributed by atoms with Crippen LogP contribution in [0.25, 0.3) is 11.0 Å². The highest BCUT2D eigenvalue weighted by Gasteiger charge is 2.43. The van der Waals surface area contributed by atoms with Gasteiger partial charge in [0.05, 0.1) is 17.0 Å². The number of amides is 1. The second-order valence-corrected chi connectivity index (χ2v) is 9.07. The van der Waals surface area contributed by atoms with Gasteiger partial charge in [0.25, 0.3) is 5.91 Å². The predicted octanol–water partition coefficient (Wildman–Crippen LogP) is 6.57. The van der Waals surface area contributed by atoms with Crippen LogP contribution < -0.4 is 15.1 Å². The molecule has 0 saturated heterocycles. The monoisotopic (exact) mass is 491 g/mol. The first-order valence-corrected chi connectivity index (χ1v) is 11.9. The summed E-state index contributed by atoms with van der Waals surface area (Å²) in [5.41, 5.74) is 3.28. The molecule has 6 rings (SSSR count). The van der Waals surface area contributed by atoms with Gasteiger partial charge < -0.3 is 9.15 Å². The van der Waals surface area contributed by atoms with E-state index in [2.05, 4.69) is 0 Å². The Balaban J connectivity index is 1.50. The minimum absolute atomic E-state index is 0.0368. The highest BCUT2D eigenvalue weighted by Crippen LogP contribution is 2.42. The van der Waals surface area contributed by atoms with E-state index in [0.717, 1.165) is 17.2 Å². The molecule has 5 aromatic rings. The number of halogens is 1. The lowest BCUT2D eigenvalue weighted by Crippen LogP contribution is -2.29. The van der Waals surface area contributed by atoms with Crippen LogP contribution in [0.1, 0.15) is 38.9 Å². The molecule has 0 N–H and O–H groups in total. The molecule has 5 nitrogen and oxygen atoms in total. The van der Waals surface area contributed by atoms with Crippen molar-refractivity contribution in [2.45, 2.75) is 19.6 Å². The van der Waals surface area contributed by atoms with E-state index >= 15 is 0 Å². The number of rotatable bonds is 5. The first-order valence-electron chi connectivity index (χ1n) is 11.9. The molecule has 4 aromatic carbocycles. The average Bonchev–Trinajstić information content (AvgIpc) is 3.21. The predicted molar refractivity (Wildman–Crippen MR) is 139 cm³/mol. The van der Waals surface area contributed by atoms with E-state index in [-0.39, 0.29) is 22.3 Å². The van der Waals surface area contributed by atoms with Gasteiger partial charge in [0.2, 0.25) is 5.76 Å². The van der Waals surface area contributed by atoms with Crippen molar-refractivity contribution >= 4 is 22.6 Å². The number of benzene rings is 4. The molecule has 182 valence electrons. The van der Waals surface area contributed by atoms with Crippen LogP contribution in [0.15, 0.2) is 106 Å². The quantitative estimate of drug-likeness (QED) is 0.279. The van der Waals surface area contributed by atoms with Crippen molar-refractivity contribution < 1.29 is 18.3 Å². The summed E-state index contributed by atoms with van der Waals surface area (Å²) in [6.45, 7) is 2.33. The van der Waals surface area contributed by atoms with Crippen molar-refractivity contribution in [3.63, 3.8) is 0 Å². The Morgan fingerprint density at radius 3 is 2.46 bits per heavy atom. The first-order chi connectivity index (χ1) is 18.0. The molecule has 0 spiro atoms. The van der Waals surface area contributed by atoms with Crippen molar-refractivity contribution in [3.8, 4) is 5.75 Å². The fourth-order valence-electron chi connectivity index (χ4n) is 4.75. The molecular formula is C31H22FNO4. The molecule has 6 heteroatoms. The lowest BCUT2D eigenvalue weighted by Gasteiger charge is -2.25. The van der Waals surface area contributed by atoms with Crippen molar-refractivity contribution in [2.24, 2.45) is 0 Å². The molecule has 0 bridgehead atoms. The molecule has 1 aliphatic rings. The van der Waals surface area contributed by atoms with Crippen molar-refractivity contribution in [2.75, 3.05) is 4.90 Å². The smallest absolute Gasteiger partial charge is 0.295 e. The SMILES string of the molecule is Cc1ccc(N2C(=O)c3oc4ccc(F)cc4c(=O)c3C2c2cccc(OCc3ccccc3)c2)cc1. The zero-order valence-corrected chi connectivity index (χ0v) is 20.0. The lowest BCUT2D eigenvalue weighted by molar-refractivity contribution is 0.0971. The first kappa shape index (κ1) is 22.7. The summed E-state index contributed by atoms with van der Waals surface area (Å²) >= 11 is 0. The Morgan fingerprint density at radius 1 is 0.892 bits per heavy atom. The molecule has 0 aliphatic carbocycles. The van der Waals surface area contributed by atoms with Gasteiger partial charge in [-0.1, -0.05) is 60.2 Å². The lowest BCUT2D eigenvalue weighted by atomic mass is 9.98. The number of carbonyl (C=O) groups excluding carboxylic acids is 1. The molecule has 0 radical (unpaired) electrons. The van der Waals surface area contributed by atoms with Crippen molar-refractivity contribution in [1.82, 2.24) is 0 Å². The number of nitrogens with zero attached hydrogens (tertiary/aromatic N) is 1. The summed E-state index contributed by atoms with van der Waals surface area (Å²) in [4.78, 5) is 29.0.